The number of quaternary nitrogens is 2. The lowest BCUT2D eigenvalue weighted by atomic mass is 10.0. The summed E-state index contributed by atoms with van der Waals surface area (Å²) in [5, 5.41) is 17.0. The van der Waals surface area contributed by atoms with Gasteiger partial charge < -0.3 is 15.1 Å². The summed E-state index contributed by atoms with van der Waals surface area (Å²) in [6.07, 6.45) is 2.24. The van der Waals surface area contributed by atoms with Gasteiger partial charge in [-0.25, -0.2) is 0 Å². The van der Waals surface area contributed by atoms with Crippen LogP contribution in [-0.4, -0.2) is 64.3 Å². The topological polar surface area (TPSA) is 76.9 Å². The molecule has 1 aliphatic heterocycles. The number of fused-ring (bicyclic) bond motifs is 5. The van der Waals surface area contributed by atoms with Gasteiger partial charge in [-0.05, 0) is 36.8 Å². The summed E-state index contributed by atoms with van der Waals surface area (Å²) in [6.45, 7) is 14.7. The van der Waals surface area contributed by atoms with Crippen LogP contribution in [-0.2, 0) is 13.0 Å². The molecule has 9 heteroatoms. The standard InChI is InChI=1S/C18H28N8S/c1-4-24(5-2)10-7-9-19-16-15-13-8-11-25(6-3)12-14(13)27-17(15)26-18(20-16)21-22-23-26/h4-12H2,1-3H3,(H,19,20,21,23)/p+2. The highest BCUT2D eigenvalue weighted by Gasteiger charge is 2.27. The van der Waals surface area contributed by atoms with Crippen LogP contribution in [0.4, 0.5) is 5.82 Å². The molecule has 0 bridgehead atoms. The highest BCUT2D eigenvalue weighted by atomic mass is 32.1. The van der Waals surface area contributed by atoms with E-state index in [0.29, 0.717) is 5.78 Å². The van der Waals surface area contributed by atoms with Gasteiger partial charge in [0.25, 0.3) is 5.78 Å². The van der Waals surface area contributed by atoms with E-state index < -0.39 is 0 Å². The van der Waals surface area contributed by atoms with E-state index >= 15 is 0 Å². The first-order valence-electron chi connectivity index (χ1n) is 10.2. The van der Waals surface area contributed by atoms with E-state index in [9.17, 15) is 0 Å². The number of nitrogens with zero attached hydrogens (tertiary/aromatic N) is 5. The van der Waals surface area contributed by atoms with E-state index in [1.54, 1.807) is 14.3 Å². The summed E-state index contributed by atoms with van der Waals surface area (Å²) in [5.74, 6) is 1.54. The average Bonchev–Trinajstić information content (AvgIpc) is 3.31. The Morgan fingerprint density at radius 3 is 2.89 bits per heavy atom. The molecule has 27 heavy (non-hydrogen) atoms. The van der Waals surface area contributed by atoms with Gasteiger partial charge in [-0.15, -0.1) is 11.3 Å². The lowest BCUT2D eigenvalue weighted by molar-refractivity contribution is -0.913. The number of nitrogens with one attached hydrogen (secondary N) is 3. The molecule has 3 aromatic rings. The molecule has 1 atom stereocenters. The number of hydrogen-bond acceptors (Lipinski definition) is 6. The quantitative estimate of drug-likeness (QED) is 0.449. The van der Waals surface area contributed by atoms with E-state index in [1.807, 2.05) is 11.3 Å². The van der Waals surface area contributed by atoms with Crippen LogP contribution in [0, 0.1) is 0 Å². The van der Waals surface area contributed by atoms with Crippen LogP contribution in [0.5, 0.6) is 0 Å². The number of anilines is 1. The maximum Gasteiger partial charge on any atom is 0.276 e. The molecule has 0 saturated carbocycles. The first-order chi connectivity index (χ1) is 13.2. The van der Waals surface area contributed by atoms with E-state index in [2.05, 4.69) is 41.6 Å². The van der Waals surface area contributed by atoms with E-state index in [4.69, 9.17) is 4.98 Å². The highest BCUT2D eigenvalue weighted by Crippen LogP contribution is 2.36. The van der Waals surface area contributed by atoms with E-state index in [-0.39, 0.29) is 0 Å². The van der Waals surface area contributed by atoms with Crippen molar-refractivity contribution in [2.24, 2.45) is 0 Å². The lowest BCUT2D eigenvalue weighted by Crippen LogP contribution is -3.11. The minimum atomic E-state index is 0.581. The maximum atomic E-state index is 4.75. The predicted octanol–water partition coefficient (Wildman–Crippen LogP) is -0.578. The SMILES string of the molecule is CC[NH+](CC)CCCNc1nc2nnnn2c2sc3c(c12)CC[NH+](CC)C3. The molecule has 0 amide bonds. The lowest BCUT2D eigenvalue weighted by Gasteiger charge is -2.22. The van der Waals surface area contributed by atoms with Gasteiger partial charge in [-0.1, -0.05) is 5.10 Å². The predicted molar refractivity (Wildman–Crippen MR) is 108 cm³/mol. The Morgan fingerprint density at radius 1 is 1.26 bits per heavy atom. The number of thiophene rings is 1. The zero-order valence-corrected chi connectivity index (χ0v) is 17.3. The van der Waals surface area contributed by atoms with Crippen LogP contribution in [0.3, 0.4) is 0 Å². The van der Waals surface area contributed by atoms with E-state index in [1.165, 1.54) is 48.6 Å². The second kappa shape index (κ2) is 8.04. The van der Waals surface area contributed by atoms with Gasteiger partial charge >= 0.3 is 0 Å². The van der Waals surface area contributed by atoms with Gasteiger partial charge in [0.15, 0.2) is 0 Å². The first kappa shape index (κ1) is 18.5. The second-order valence-corrected chi connectivity index (χ2v) is 8.39. The smallest absolute Gasteiger partial charge is 0.276 e. The normalized spacial score (nSPS) is 17.1. The van der Waals surface area contributed by atoms with Crippen molar-refractivity contribution in [3.05, 3.63) is 10.4 Å². The molecule has 146 valence electrons. The Morgan fingerprint density at radius 2 is 2.11 bits per heavy atom. The van der Waals surface area contributed by atoms with Crippen molar-refractivity contribution >= 4 is 33.1 Å². The van der Waals surface area contributed by atoms with Crippen molar-refractivity contribution in [2.45, 2.75) is 40.2 Å². The monoisotopic (exact) mass is 390 g/mol. The molecule has 3 N–H and O–H groups in total. The zero-order chi connectivity index (χ0) is 18.8. The van der Waals surface area contributed by atoms with Crippen LogP contribution in [0.2, 0.25) is 0 Å². The van der Waals surface area contributed by atoms with Gasteiger partial charge in [-0.3, -0.25) is 0 Å². The van der Waals surface area contributed by atoms with Gasteiger partial charge in [-0.2, -0.15) is 9.50 Å². The Hall–Kier alpha value is -1.84. The third-order valence-electron chi connectivity index (χ3n) is 5.80. The van der Waals surface area contributed by atoms with Crippen LogP contribution in [0.15, 0.2) is 0 Å². The third-order valence-corrected chi connectivity index (χ3v) is 7.01. The first-order valence-corrected chi connectivity index (χ1v) is 11.0. The number of rotatable bonds is 8. The largest absolute Gasteiger partial charge is 0.369 e. The van der Waals surface area contributed by atoms with Crippen LogP contribution in [0.1, 0.15) is 37.6 Å². The van der Waals surface area contributed by atoms with E-state index in [0.717, 1.165) is 36.6 Å². The van der Waals surface area contributed by atoms with Crippen LogP contribution < -0.4 is 15.1 Å². The van der Waals surface area contributed by atoms with Crippen LogP contribution in [0.25, 0.3) is 16.0 Å². The van der Waals surface area contributed by atoms with Crippen molar-refractivity contribution in [2.75, 3.05) is 44.6 Å². The molecule has 0 aliphatic carbocycles. The molecule has 4 heterocycles. The molecule has 0 radical (unpaired) electrons. The summed E-state index contributed by atoms with van der Waals surface area (Å²) in [6, 6.07) is 0. The summed E-state index contributed by atoms with van der Waals surface area (Å²) < 4.78 is 1.80. The fourth-order valence-corrected chi connectivity index (χ4v) is 5.40. The average molecular weight is 391 g/mol. The molecule has 0 fully saturated rings. The molecule has 0 spiro atoms. The molecule has 3 aromatic heterocycles. The molecule has 0 saturated heterocycles. The molecule has 4 rings (SSSR count). The summed E-state index contributed by atoms with van der Waals surface area (Å²) in [5.41, 5.74) is 1.45. The number of aromatic nitrogens is 5. The van der Waals surface area contributed by atoms with Gasteiger partial charge in [0.1, 0.15) is 17.2 Å². The molecular formula is C18H30N8S+2. The van der Waals surface area contributed by atoms with Crippen molar-refractivity contribution in [3.63, 3.8) is 0 Å². The fourth-order valence-electron chi connectivity index (χ4n) is 4.03. The van der Waals surface area contributed by atoms with Crippen LogP contribution >= 0.6 is 11.3 Å². The molecule has 1 aliphatic rings. The Bertz CT molecular complexity index is 913. The van der Waals surface area contributed by atoms with Crippen molar-refractivity contribution in [1.29, 1.82) is 0 Å². The summed E-state index contributed by atoms with van der Waals surface area (Å²) >= 11 is 1.83. The molecule has 8 nitrogen and oxygen atoms in total. The Kier molecular flexibility index (Phi) is 5.51. The van der Waals surface area contributed by atoms with Gasteiger partial charge in [0.2, 0.25) is 0 Å². The summed E-state index contributed by atoms with van der Waals surface area (Å²) in [4.78, 5) is 10.6. The number of likely N-dealkylation sites (N-methyl/N-ethyl adjacent to an activating group) is 1. The maximum absolute atomic E-state index is 4.75. The molecule has 1 unspecified atom stereocenters. The van der Waals surface area contributed by atoms with Crippen molar-refractivity contribution < 1.29 is 9.80 Å². The zero-order valence-electron chi connectivity index (χ0n) is 16.5. The number of tetrazole rings is 1. The molecule has 0 aromatic carbocycles. The Balaban J connectivity index is 1.64. The number of hydrogen-bond donors (Lipinski definition) is 3. The second-order valence-electron chi connectivity index (χ2n) is 7.30. The minimum Gasteiger partial charge on any atom is -0.369 e. The highest BCUT2D eigenvalue weighted by molar-refractivity contribution is 7.19. The molecular weight excluding hydrogens is 360 g/mol. The fraction of sp³-hybridized carbons (Fsp3) is 0.667. The minimum absolute atomic E-state index is 0.581. The van der Waals surface area contributed by atoms with Gasteiger partial charge in [0, 0.05) is 19.4 Å². The Labute approximate surface area is 163 Å². The van der Waals surface area contributed by atoms with Gasteiger partial charge in [0.05, 0.1) is 43.0 Å². The van der Waals surface area contributed by atoms with Crippen molar-refractivity contribution in [1.82, 2.24) is 25.0 Å². The summed E-state index contributed by atoms with van der Waals surface area (Å²) in [7, 11) is 0. The third kappa shape index (κ3) is 3.51. The van der Waals surface area contributed by atoms with Crippen molar-refractivity contribution in [3.8, 4) is 0 Å².